The van der Waals surface area contributed by atoms with Gasteiger partial charge in [-0.3, -0.25) is 19.0 Å². The summed E-state index contributed by atoms with van der Waals surface area (Å²) in [4.78, 5) is 21.9. The summed E-state index contributed by atoms with van der Waals surface area (Å²) in [6.45, 7) is 7.55. The van der Waals surface area contributed by atoms with Crippen molar-refractivity contribution in [3.05, 3.63) is 80.9 Å². The third kappa shape index (κ3) is 4.21. The Labute approximate surface area is 163 Å². The Bertz CT molecular complexity index is 991. The molecule has 0 N–H and O–H groups in total. The minimum absolute atomic E-state index is 0.00512. The van der Waals surface area contributed by atoms with Gasteiger partial charge in [0.2, 0.25) is 0 Å². The minimum Gasteiger partial charge on any atom is -0.297 e. The van der Waals surface area contributed by atoms with Gasteiger partial charge in [-0.05, 0) is 36.8 Å². The molecule has 0 aliphatic carbocycles. The van der Waals surface area contributed by atoms with Crippen molar-refractivity contribution in [3.63, 3.8) is 0 Å². The first-order valence-electron chi connectivity index (χ1n) is 9.26. The number of fused-ring (bicyclic) bond motifs is 1. The minimum atomic E-state index is -0.00512. The smallest absolute Gasteiger partial charge is 0.258 e. The van der Waals surface area contributed by atoms with Crippen LogP contribution in [0.25, 0.3) is 5.65 Å². The van der Waals surface area contributed by atoms with Gasteiger partial charge >= 0.3 is 0 Å². The molecular weight excluding hydrogens is 360 g/mol. The molecule has 3 aromatic rings. The summed E-state index contributed by atoms with van der Waals surface area (Å²) in [7, 11) is 0. The van der Waals surface area contributed by atoms with E-state index in [1.54, 1.807) is 10.5 Å². The molecule has 1 aliphatic rings. The molecule has 0 radical (unpaired) electrons. The van der Waals surface area contributed by atoms with Crippen molar-refractivity contribution in [2.24, 2.45) is 0 Å². The van der Waals surface area contributed by atoms with Gasteiger partial charge in [0, 0.05) is 56.1 Å². The topological polar surface area (TPSA) is 40.9 Å². The highest BCUT2D eigenvalue weighted by Crippen LogP contribution is 2.14. The molecule has 0 bridgehead atoms. The molecule has 0 atom stereocenters. The van der Waals surface area contributed by atoms with Gasteiger partial charge < -0.3 is 0 Å². The maximum Gasteiger partial charge on any atom is 0.258 e. The molecule has 0 saturated carbocycles. The molecule has 0 unspecified atom stereocenters. The molecule has 5 nitrogen and oxygen atoms in total. The van der Waals surface area contributed by atoms with Crippen molar-refractivity contribution in [1.29, 1.82) is 0 Å². The van der Waals surface area contributed by atoms with Gasteiger partial charge in [0.1, 0.15) is 5.65 Å². The number of benzene rings is 1. The fourth-order valence-electron chi connectivity index (χ4n) is 3.63. The van der Waals surface area contributed by atoms with E-state index in [1.807, 2.05) is 37.3 Å². The third-order valence-electron chi connectivity index (χ3n) is 5.10. The van der Waals surface area contributed by atoms with Crippen LogP contribution in [0, 0.1) is 6.92 Å². The van der Waals surface area contributed by atoms with E-state index < -0.39 is 0 Å². The molecule has 1 saturated heterocycles. The Balaban J connectivity index is 1.38. The molecule has 1 aromatic carbocycles. The van der Waals surface area contributed by atoms with Crippen LogP contribution >= 0.6 is 11.6 Å². The van der Waals surface area contributed by atoms with Gasteiger partial charge in [-0.2, -0.15) is 0 Å². The number of piperazine rings is 1. The predicted molar refractivity (Wildman–Crippen MR) is 108 cm³/mol. The summed E-state index contributed by atoms with van der Waals surface area (Å²) in [5, 5.41) is 0.776. The number of rotatable bonds is 4. The summed E-state index contributed by atoms with van der Waals surface area (Å²) in [5.41, 5.74) is 3.75. The first kappa shape index (κ1) is 18.2. The van der Waals surface area contributed by atoms with E-state index >= 15 is 0 Å². The van der Waals surface area contributed by atoms with Crippen molar-refractivity contribution in [2.45, 2.75) is 20.0 Å². The number of hydrogen-bond donors (Lipinski definition) is 0. The Morgan fingerprint density at radius 2 is 1.63 bits per heavy atom. The maximum atomic E-state index is 12.4. The third-order valence-corrected chi connectivity index (χ3v) is 5.36. The zero-order valence-corrected chi connectivity index (χ0v) is 16.2. The van der Waals surface area contributed by atoms with E-state index in [0.717, 1.165) is 54.8 Å². The van der Waals surface area contributed by atoms with E-state index in [2.05, 4.69) is 26.9 Å². The lowest BCUT2D eigenvalue weighted by Gasteiger charge is -2.34. The van der Waals surface area contributed by atoms with E-state index in [0.29, 0.717) is 6.54 Å². The fraction of sp³-hybridized carbons (Fsp3) is 0.333. The Kier molecular flexibility index (Phi) is 5.25. The van der Waals surface area contributed by atoms with Crippen LogP contribution < -0.4 is 5.56 Å². The van der Waals surface area contributed by atoms with Crippen molar-refractivity contribution in [3.8, 4) is 0 Å². The average molecular weight is 383 g/mol. The first-order valence-corrected chi connectivity index (χ1v) is 9.64. The second-order valence-corrected chi connectivity index (χ2v) is 7.56. The summed E-state index contributed by atoms with van der Waals surface area (Å²) in [6, 6.07) is 15.5. The molecule has 6 heteroatoms. The number of pyridine rings is 1. The molecule has 0 amide bonds. The molecule has 3 heterocycles. The summed E-state index contributed by atoms with van der Waals surface area (Å²) < 4.78 is 1.66. The molecule has 1 aliphatic heterocycles. The van der Waals surface area contributed by atoms with Gasteiger partial charge in [-0.1, -0.05) is 29.8 Å². The Morgan fingerprint density at radius 3 is 2.33 bits per heavy atom. The average Bonchev–Trinajstić information content (AvgIpc) is 2.65. The molecule has 4 rings (SSSR count). The van der Waals surface area contributed by atoms with Gasteiger partial charge in [-0.25, -0.2) is 4.98 Å². The van der Waals surface area contributed by atoms with E-state index in [4.69, 9.17) is 11.6 Å². The van der Waals surface area contributed by atoms with Crippen molar-refractivity contribution in [1.82, 2.24) is 19.2 Å². The molecular formula is C21H23ClN4O. The highest BCUT2D eigenvalue weighted by atomic mass is 35.5. The summed E-state index contributed by atoms with van der Waals surface area (Å²) in [5.74, 6) is 0. The van der Waals surface area contributed by atoms with Crippen LogP contribution in [-0.4, -0.2) is 45.4 Å². The van der Waals surface area contributed by atoms with Crippen LogP contribution in [0.15, 0.2) is 53.3 Å². The highest BCUT2D eigenvalue weighted by Gasteiger charge is 2.18. The summed E-state index contributed by atoms with van der Waals surface area (Å²) in [6.07, 6.45) is 0. The Hall–Kier alpha value is -2.21. The highest BCUT2D eigenvalue weighted by molar-refractivity contribution is 6.30. The van der Waals surface area contributed by atoms with Crippen molar-refractivity contribution < 1.29 is 0 Å². The second-order valence-electron chi connectivity index (χ2n) is 7.13. The van der Waals surface area contributed by atoms with Gasteiger partial charge in [0.15, 0.2) is 0 Å². The standard InChI is InChI=1S/C21H23ClN4O/c1-16-3-2-4-20-23-19(13-21(27)26(16)20)15-25-11-9-24(10-12-25)14-17-5-7-18(22)8-6-17/h2-8,13H,9-12,14-15H2,1H3. The predicted octanol–water partition coefficient (Wildman–Crippen LogP) is 2.97. The lowest BCUT2D eigenvalue weighted by atomic mass is 10.2. The van der Waals surface area contributed by atoms with Crippen molar-refractivity contribution in [2.75, 3.05) is 26.2 Å². The monoisotopic (exact) mass is 382 g/mol. The van der Waals surface area contributed by atoms with Crippen LogP contribution in [0.1, 0.15) is 17.0 Å². The molecule has 27 heavy (non-hydrogen) atoms. The molecule has 2 aromatic heterocycles. The Morgan fingerprint density at radius 1 is 0.963 bits per heavy atom. The quantitative estimate of drug-likeness (QED) is 0.695. The van der Waals surface area contributed by atoms with Crippen LogP contribution in [0.4, 0.5) is 0 Å². The number of aryl methyl sites for hydroxylation is 1. The zero-order chi connectivity index (χ0) is 18.8. The summed E-state index contributed by atoms with van der Waals surface area (Å²) >= 11 is 5.96. The van der Waals surface area contributed by atoms with Crippen LogP contribution in [-0.2, 0) is 13.1 Å². The lowest BCUT2D eigenvalue weighted by molar-refractivity contribution is 0.121. The zero-order valence-electron chi connectivity index (χ0n) is 15.4. The van der Waals surface area contributed by atoms with Gasteiger partial charge in [-0.15, -0.1) is 0 Å². The maximum absolute atomic E-state index is 12.4. The van der Waals surface area contributed by atoms with Gasteiger partial charge in [0.05, 0.1) is 5.69 Å². The largest absolute Gasteiger partial charge is 0.297 e. The molecule has 0 spiro atoms. The van der Waals surface area contributed by atoms with E-state index in [-0.39, 0.29) is 5.56 Å². The second kappa shape index (κ2) is 7.80. The SMILES string of the molecule is Cc1cccc2nc(CN3CCN(Cc4ccc(Cl)cc4)CC3)cc(=O)n12. The van der Waals surface area contributed by atoms with E-state index in [9.17, 15) is 4.79 Å². The lowest BCUT2D eigenvalue weighted by Crippen LogP contribution is -2.45. The van der Waals surface area contributed by atoms with Crippen LogP contribution in [0.3, 0.4) is 0 Å². The van der Waals surface area contributed by atoms with Crippen LogP contribution in [0.2, 0.25) is 5.02 Å². The molecule has 1 fully saturated rings. The normalized spacial score (nSPS) is 16.1. The number of aromatic nitrogens is 2. The van der Waals surface area contributed by atoms with Gasteiger partial charge in [0.25, 0.3) is 5.56 Å². The number of nitrogens with zero attached hydrogens (tertiary/aromatic N) is 4. The first-order chi connectivity index (χ1) is 13.1. The van der Waals surface area contributed by atoms with E-state index in [1.165, 1.54) is 5.56 Å². The fourth-order valence-corrected chi connectivity index (χ4v) is 3.75. The van der Waals surface area contributed by atoms with Crippen LogP contribution in [0.5, 0.6) is 0 Å². The number of hydrogen-bond acceptors (Lipinski definition) is 4. The number of halogens is 1. The van der Waals surface area contributed by atoms with Crippen molar-refractivity contribution >= 4 is 17.2 Å². The molecule has 140 valence electrons.